The van der Waals surface area contributed by atoms with Crippen LogP contribution in [-0.2, 0) is 22.6 Å². The molecule has 5 nitrogen and oxygen atoms in total. The van der Waals surface area contributed by atoms with Crippen molar-refractivity contribution >= 4 is 33.3 Å². The molecular formula is C18H17F3N2O3S2. The Balaban J connectivity index is 1.70. The van der Waals surface area contributed by atoms with E-state index in [0.29, 0.717) is 35.7 Å². The fraction of sp³-hybridized carbons (Fsp3) is 0.333. The summed E-state index contributed by atoms with van der Waals surface area (Å²) in [5.41, 5.74) is 0.976. The number of anilines is 1. The number of ketones is 1. The molecule has 1 aliphatic heterocycles. The predicted molar refractivity (Wildman–Crippen MR) is 101 cm³/mol. The van der Waals surface area contributed by atoms with Crippen LogP contribution in [0.3, 0.4) is 0 Å². The molecular weight excluding hydrogens is 413 g/mol. The van der Waals surface area contributed by atoms with E-state index in [1.54, 1.807) is 18.2 Å². The lowest BCUT2D eigenvalue weighted by Crippen LogP contribution is -2.34. The Morgan fingerprint density at radius 1 is 1.25 bits per heavy atom. The zero-order chi connectivity index (χ0) is 20.5. The third-order valence-electron chi connectivity index (χ3n) is 4.29. The van der Waals surface area contributed by atoms with E-state index in [0.717, 1.165) is 35.8 Å². The maximum absolute atomic E-state index is 12.6. The van der Waals surface area contributed by atoms with Crippen molar-refractivity contribution in [2.45, 2.75) is 24.0 Å². The van der Waals surface area contributed by atoms with Gasteiger partial charge in [-0.15, -0.1) is 0 Å². The SMILES string of the molecule is CS(=O)(=O)N1CCCc2cc(C(=O)CSc3ccc(C(F)(F)F)cn3)ccc21. The molecule has 0 saturated carbocycles. The highest BCUT2D eigenvalue weighted by Crippen LogP contribution is 2.31. The summed E-state index contributed by atoms with van der Waals surface area (Å²) < 4.78 is 62.8. The first-order valence-corrected chi connectivity index (χ1v) is 11.2. The number of alkyl halides is 3. The number of Topliss-reactive ketones (excluding diaryl/α,β-unsaturated/α-hetero) is 1. The number of aryl methyl sites for hydroxylation is 1. The fourth-order valence-corrected chi connectivity index (χ4v) is 4.67. The van der Waals surface area contributed by atoms with Crippen LogP contribution in [0.25, 0.3) is 0 Å². The highest BCUT2D eigenvalue weighted by molar-refractivity contribution is 7.99. The molecule has 1 aliphatic rings. The number of fused-ring (bicyclic) bond motifs is 1. The Labute approximate surface area is 165 Å². The van der Waals surface area contributed by atoms with Gasteiger partial charge >= 0.3 is 6.18 Å². The highest BCUT2D eigenvalue weighted by atomic mass is 32.2. The molecule has 1 aromatic heterocycles. The second kappa shape index (κ2) is 7.75. The molecule has 0 radical (unpaired) electrons. The molecule has 2 aromatic rings. The summed E-state index contributed by atoms with van der Waals surface area (Å²) >= 11 is 1.05. The van der Waals surface area contributed by atoms with Crippen LogP contribution in [0, 0.1) is 0 Å². The normalized spacial score (nSPS) is 14.6. The molecule has 0 fully saturated rings. The number of aromatic nitrogens is 1. The zero-order valence-corrected chi connectivity index (χ0v) is 16.5. The second-order valence-corrected chi connectivity index (χ2v) is 9.28. The monoisotopic (exact) mass is 430 g/mol. The quantitative estimate of drug-likeness (QED) is 0.533. The standard InChI is InChI=1S/C18H17F3N2O3S2/c1-28(25,26)23-8-2-3-12-9-13(4-6-15(12)23)16(24)11-27-17-7-5-14(10-22-17)18(19,20)21/h4-7,9-10H,2-3,8,11H2,1H3. The van der Waals surface area contributed by atoms with Crippen LogP contribution in [0.1, 0.15) is 27.9 Å². The average molecular weight is 430 g/mol. The molecule has 10 heteroatoms. The first kappa shape index (κ1) is 20.7. The van der Waals surface area contributed by atoms with Gasteiger partial charge in [0, 0.05) is 18.3 Å². The van der Waals surface area contributed by atoms with Gasteiger partial charge in [0.1, 0.15) is 0 Å². The second-order valence-electron chi connectivity index (χ2n) is 6.38. The molecule has 150 valence electrons. The van der Waals surface area contributed by atoms with Crippen molar-refractivity contribution in [3.63, 3.8) is 0 Å². The largest absolute Gasteiger partial charge is 0.417 e. The summed E-state index contributed by atoms with van der Waals surface area (Å²) in [6.07, 6.45) is -1.21. The van der Waals surface area contributed by atoms with E-state index in [-0.39, 0.29) is 11.5 Å². The first-order chi connectivity index (χ1) is 13.1. The number of halogens is 3. The maximum atomic E-state index is 12.6. The molecule has 0 bridgehead atoms. The number of rotatable bonds is 5. The third kappa shape index (κ3) is 4.67. The fourth-order valence-electron chi connectivity index (χ4n) is 2.94. The number of carbonyl (C=O) groups is 1. The topological polar surface area (TPSA) is 67.3 Å². The van der Waals surface area contributed by atoms with Crippen LogP contribution in [0.5, 0.6) is 0 Å². The van der Waals surface area contributed by atoms with Crippen molar-refractivity contribution in [3.8, 4) is 0 Å². The summed E-state index contributed by atoms with van der Waals surface area (Å²) in [6.45, 7) is 0.411. The van der Waals surface area contributed by atoms with Crippen LogP contribution in [0.4, 0.5) is 18.9 Å². The number of benzene rings is 1. The van der Waals surface area contributed by atoms with E-state index in [2.05, 4.69) is 4.98 Å². The Bertz CT molecular complexity index is 990. The molecule has 28 heavy (non-hydrogen) atoms. The van der Waals surface area contributed by atoms with Gasteiger partial charge in [-0.25, -0.2) is 13.4 Å². The zero-order valence-electron chi connectivity index (χ0n) is 14.9. The number of thioether (sulfide) groups is 1. The molecule has 0 unspecified atom stereocenters. The lowest BCUT2D eigenvalue weighted by atomic mass is 9.99. The molecule has 3 rings (SSSR count). The maximum Gasteiger partial charge on any atom is 0.417 e. The molecule has 0 N–H and O–H groups in total. The minimum absolute atomic E-state index is 0.0208. The van der Waals surface area contributed by atoms with Crippen LogP contribution in [0.15, 0.2) is 41.6 Å². The molecule has 1 aromatic carbocycles. The van der Waals surface area contributed by atoms with E-state index in [4.69, 9.17) is 0 Å². The van der Waals surface area contributed by atoms with E-state index in [1.165, 1.54) is 10.4 Å². The van der Waals surface area contributed by atoms with Gasteiger partial charge in [0.2, 0.25) is 10.0 Å². The Morgan fingerprint density at radius 3 is 2.61 bits per heavy atom. The number of carbonyl (C=O) groups excluding carboxylic acids is 1. The summed E-state index contributed by atoms with van der Waals surface area (Å²) in [7, 11) is -3.38. The number of pyridine rings is 1. The predicted octanol–water partition coefficient (Wildman–Crippen LogP) is 3.79. The Morgan fingerprint density at radius 2 is 2.00 bits per heavy atom. The van der Waals surface area contributed by atoms with Gasteiger partial charge in [0.15, 0.2) is 5.78 Å². The average Bonchev–Trinajstić information content (AvgIpc) is 2.64. The van der Waals surface area contributed by atoms with Crippen molar-refractivity contribution in [2.75, 3.05) is 22.9 Å². The summed E-state index contributed by atoms with van der Waals surface area (Å²) in [5.74, 6) is -0.182. The summed E-state index contributed by atoms with van der Waals surface area (Å²) in [6, 6.07) is 7.06. The van der Waals surface area contributed by atoms with Gasteiger partial charge in [-0.3, -0.25) is 9.10 Å². The van der Waals surface area contributed by atoms with Gasteiger partial charge in [-0.1, -0.05) is 11.8 Å². The molecule has 0 aliphatic carbocycles. The van der Waals surface area contributed by atoms with Gasteiger partial charge < -0.3 is 0 Å². The van der Waals surface area contributed by atoms with Crippen molar-refractivity contribution in [2.24, 2.45) is 0 Å². The molecule has 0 atom stereocenters. The van der Waals surface area contributed by atoms with Crippen LogP contribution >= 0.6 is 11.8 Å². The number of nitrogens with zero attached hydrogens (tertiary/aromatic N) is 2. The minimum atomic E-state index is -4.45. The lowest BCUT2D eigenvalue weighted by Gasteiger charge is -2.29. The lowest BCUT2D eigenvalue weighted by molar-refractivity contribution is -0.137. The van der Waals surface area contributed by atoms with E-state index in [9.17, 15) is 26.4 Å². The third-order valence-corrected chi connectivity index (χ3v) is 6.42. The molecule has 0 saturated heterocycles. The summed E-state index contributed by atoms with van der Waals surface area (Å²) in [4.78, 5) is 16.2. The van der Waals surface area contributed by atoms with E-state index >= 15 is 0 Å². The van der Waals surface area contributed by atoms with Gasteiger partial charge in [0.25, 0.3) is 0 Å². The van der Waals surface area contributed by atoms with E-state index in [1.807, 2.05) is 0 Å². The smallest absolute Gasteiger partial charge is 0.293 e. The Hall–Kier alpha value is -2.07. The molecule has 0 amide bonds. The Kier molecular flexibility index (Phi) is 5.72. The molecule has 2 heterocycles. The first-order valence-electron chi connectivity index (χ1n) is 8.35. The van der Waals surface area contributed by atoms with Gasteiger partial charge in [-0.05, 0) is 48.7 Å². The number of hydrogen-bond acceptors (Lipinski definition) is 5. The summed E-state index contributed by atoms with van der Waals surface area (Å²) in [5, 5.41) is 0.322. The van der Waals surface area contributed by atoms with Gasteiger partial charge in [0.05, 0.1) is 28.3 Å². The van der Waals surface area contributed by atoms with Crippen molar-refractivity contribution in [3.05, 3.63) is 53.2 Å². The van der Waals surface area contributed by atoms with Crippen LogP contribution < -0.4 is 4.31 Å². The van der Waals surface area contributed by atoms with Crippen LogP contribution in [0.2, 0.25) is 0 Å². The number of sulfonamides is 1. The highest BCUT2D eigenvalue weighted by Gasteiger charge is 2.30. The van der Waals surface area contributed by atoms with E-state index < -0.39 is 21.8 Å². The molecule has 0 spiro atoms. The van der Waals surface area contributed by atoms with Crippen molar-refractivity contribution in [1.29, 1.82) is 0 Å². The number of hydrogen-bond donors (Lipinski definition) is 0. The van der Waals surface area contributed by atoms with Crippen molar-refractivity contribution in [1.82, 2.24) is 4.98 Å². The minimum Gasteiger partial charge on any atom is -0.293 e. The van der Waals surface area contributed by atoms with Crippen LogP contribution in [-0.4, -0.2) is 37.7 Å². The van der Waals surface area contributed by atoms with Crippen molar-refractivity contribution < 1.29 is 26.4 Å². The van der Waals surface area contributed by atoms with Gasteiger partial charge in [-0.2, -0.15) is 13.2 Å².